The van der Waals surface area contributed by atoms with Gasteiger partial charge in [-0.05, 0) is 41.5 Å². The molecule has 5 nitrogen and oxygen atoms in total. The van der Waals surface area contributed by atoms with Gasteiger partial charge in [0.2, 0.25) is 5.91 Å². The molecule has 0 radical (unpaired) electrons. The summed E-state index contributed by atoms with van der Waals surface area (Å²) in [5.41, 5.74) is 11.6. The Hall–Kier alpha value is -2.56. The van der Waals surface area contributed by atoms with E-state index in [1.54, 1.807) is 30.3 Å². The second-order valence-corrected chi connectivity index (χ2v) is 7.67. The van der Waals surface area contributed by atoms with E-state index >= 15 is 0 Å². The minimum Gasteiger partial charge on any atom is -0.493 e. The fourth-order valence-corrected chi connectivity index (χ4v) is 3.51. The first-order valence-electron chi connectivity index (χ1n) is 10.8. The Bertz CT molecular complexity index is 817. The number of rotatable bonds is 14. The monoisotopic (exact) mass is 398 g/mol. The van der Waals surface area contributed by atoms with Crippen LogP contribution in [0.15, 0.2) is 30.3 Å². The molecule has 0 fully saturated rings. The van der Waals surface area contributed by atoms with Crippen molar-refractivity contribution in [3.05, 3.63) is 41.5 Å². The molecule has 0 atom stereocenters. The highest BCUT2D eigenvalue weighted by atomic mass is 16.5. The molecule has 0 heterocycles. The Morgan fingerprint density at radius 3 is 1.97 bits per heavy atom. The predicted molar refractivity (Wildman–Crippen MR) is 118 cm³/mol. The van der Waals surface area contributed by atoms with Crippen molar-refractivity contribution in [2.24, 2.45) is 11.5 Å². The molecule has 2 amide bonds. The van der Waals surface area contributed by atoms with Gasteiger partial charge in [-0.25, -0.2) is 0 Å². The van der Waals surface area contributed by atoms with Crippen molar-refractivity contribution in [3.8, 4) is 5.75 Å². The van der Waals surface area contributed by atoms with Crippen LogP contribution in [0.1, 0.15) is 91.8 Å². The van der Waals surface area contributed by atoms with Crippen molar-refractivity contribution in [1.82, 2.24) is 0 Å². The lowest BCUT2D eigenvalue weighted by atomic mass is 10.0. The normalized spacial score (nSPS) is 10.9. The molecule has 0 saturated carbocycles. The number of ether oxygens (including phenoxy) is 1. The highest BCUT2D eigenvalue weighted by Gasteiger charge is 2.12. The molecule has 2 rings (SSSR count). The number of hydrogen-bond acceptors (Lipinski definition) is 3. The molecule has 29 heavy (non-hydrogen) atoms. The maximum Gasteiger partial charge on any atom is 0.252 e. The molecule has 0 saturated heterocycles. The Labute approximate surface area is 173 Å². The van der Waals surface area contributed by atoms with Crippen LogP contribution in [0.2, 0.25) is 0 Å². The summed E-state index contributed by atoms with van der Waals surface area (Å²) in [7, 11) is 0. The quantitative estimate of drug-likeness (QED) is 0.421. The largest absolute Gasteiger partial charge is 0.493 e. The van der Waals surface area contributed by atoms with E-state index in [1.807, 2.05) is 0 Å². The zero-order valence-corrected chi connectivity index (χ0v) is 17.5. The molecule has 0 bridgehead atoms. The van der Waals surface area contributed by atoms with Gasteiger partial charge in [-0.2, -0.15) is 0 Å². The molecule has 0 aliphatic rings. The lowest BCUT2D eigenvalue weighted by Gasteiger charge is -2.12. The molecule has 5 heteroatoms. The van der Waals surface area contributed by atoms with E-state index < -0.39 is 11.8 Å². The van der Waals surface area contributed by atoms with Crippen molar-refractivity contribution < 1.29 is 14.3 Å². The summed E-state index contributed by atoms with van der Waals surface area (Å²) < 4.78 is 5.86. The molecule has 4 N–H and O–H groups in total. The molecule has 0 spiro atoms. The van der Waals surface area contributed by atoms with Crippen molar-refractivity contribution in [3.63, 3.8) is 0 Å². The summed E-state index contributed by atoms with van der Waals surface area (Å²) in [5.74, 6) is -0.559. The first kappa shape index (κ1) is 22.7. The van der Waals surface area contributed by atoms with Crippen LogP contribution >= 0.6 is 0 Å². The molecular formula is C24H34N2O3. The number of hydrogen-bond donors (Lipinski definition) is 2. The third-order valence-electron chi connectivity index (χ3n) is 5.24. The van der Waals surface area contributed by atoms with Crippen LogP contribution in [0.4, 0.5) is 0 Å². The smallest absolute Gasteiger partial charge is 0.252 e. The Kier molecular flexibility index (Phi) is 9.48. The maximum atomic E-state index is 11.8. The SMILES string of the molecule is CCCCCCCCCCCCOc1cc2ccc(C(N)=O)cc2cc1C(N)=O. The zero-order chi connectivity index (χ0) is 21.1. The Morgan fingerprint density at radius 2 is 1.38 bits per heavy atom. The number of carbonyl (C=O) groups excluding carboxylic acids is 2. The minimum absolute atomic E-state index is 0.325. The molecule has 2 aromatic carbocycles. The van der Waals surface area contributed by atoms with Crippen LogP contribution in [0.25, 0.3) is 10.8 Å². The summed E-state index contributed by atoms with van der Waals surface area (Å²) >= 11 is 0. The number of carbonyl (C=O) groups is 2. The van der Waals surface area contributed by atoms with Crippen LogP contribution < -0.4 is 16.2 Å². The number of nitrogens with two attached hydrogens (primary N) is 2. The van der Waals surface area contributed by atoms with Gasteiger partial charge in [0.25, 0.3) is 5.91 Å². The number of fused-ring (bicyclic) bond motifs is 1. The zero-order valence-electron chi connectivity index (χ0n) is 17.5. The third-order valence-corrected chi connectivity index (χ3v) is 5.24. The first-order valence-corrected chi connectivity index (χ1v) is 10.8. The summed E-state index contributed by atoms with van der Waals surface area (Å²) in [6.45, 7) is 2.80. The van der Waals surface area contributed by atoms with Crippen LogP contribution in [-0.2, 0) is 0 Å². The van der Waals surface area contributed by atoms with Gasteiger partial charge < -0.3 is 16.2 Å². The molecule has 0 aromatic heterocycles. The van der Waals surface area contributed by atoms with E-state index in [0.717, 1.165) is 23.6 Å². The van der Waals surface area contributed by atoms with Crippen LogP contribution in [0, 0.1) is 0 Å². The molecule has 0 unspecified atom stereocenters. The summed E-state index contributed by atoms with van der Waals surface area (Å²) in [6, 6.07) is 8.60. The molecule has 2 aromatic rings. The summed E-state index contributed by atoms with van der Waals surface area (Å²) in [4.78, 5) is 23.2. The van der Waals surface area contributed by atoms with Crippen molar-refractivity contribution in [2.45, 2.75) is 71.1 Å². The Morgan fingerprint density at radius 1 is 0.759 bits per heavy atom. The average Bonchev–Trinajstić information content (AvgIpc) is 2.70. The van der Waals surface area contributed by atoms with E-state index in [-0.39, 0.29) is 0 Å². The van der Waals surface area contributed by atoms with Crippen LogP contribution in [-0.4, -0.2) is 18.4 Å². The van der Waals surface area contributed by atoms with Crippen molar-refractivity contribution in [1.29, 1.82) is 0 Å². The van der Waals surface area contributed by atoms with E-state index in [0.29, 0.717) is 23.5 Å². The van der Waals surface area contributed by atoms with Gasteiger partial charge >= 0.3 is 0 Å². The highest BCUT2D eigenvalue weighted by Crippen LogP contribution is 2.27. The summed E-state index contributed by atoms with van der Waals surface area (Å²) in [5, 5.41) is 1.61. The Balaban J connectivity index is 1.81. The predicted octanol–water partition coefficient (Wildman–Crippen LogP) is 5.34. The minimum atomic E-state index is -0.547. The number of primary amides is 2. The number of unbranched alkanes of at least 4 members (excludes halogenated alkanes) is 9. The fourth-order valence-electron chi connectivity index (χ4n) is 3.51. The average molecular weight is 399 g/mol. The van der Waals surface area contributed by atoms with E-state index in [9.17, 15) is 9.59 Å². The van der Waals surface area contributed by atoms with Crippen molar-refractivity contribution >= 4 is 22.6 Å². The summed E-state index contributed by atoms with van der Waals surface area (Å²) in [6.07, 6.45) is 12.6. The van der Waals surface area contributed by atoms with E-state index in [1.165, 1.54) is 51.4 Å². The highest BCUT2D eigenvalue weighted by molar-refractivity contribution is 6.03. The van der Waals surface area contributed by atoms with Crippen LogP contribution in [0.5, 0.6) is 5.75 Å². The standard InChI is InChI=1S/C24H34N2O3/c1-2-3-4-5-6-7-8-9-10-11-14-29-22-17-18-12-13-19(23(25)27)15-20(18)16-21(22)24(26)28/h12-13,15-17H,2-11,14H2,1H3,(H2,25,27)(H2,26,28). The van der Waals surface area contributed by atoms with Crippen molar-refractivity contribution in [2.75, 3.05) is 6.61 Å². The lowest BCUT2D eigenvalue weighted by molar-refractivity contribution is 0.0990. The van der Waals surface area contributed by atoms with Gasteiger partial charge in [0.05, 0.1) is 12.2 Å². The van der Waals surface area contributed by atoms with E-state index in [2.05, 4.69) is 6.92 Å². The van der Waals surface area contributed by atoms with E-state index in [4.69, 9.17) is 16.2 Å². The van der Waals surface area contributed by atoms with Gasteiger partial charge in [0.1, 0.15) is 5.75 Å². The second-order valence-electron chi connectivity index (χ2n) is 7.67. The first-order chi connectivity index (χ1) is 14.0. The van der Waals surface area contributed by atoms with Crippen LogP contribution in [0.3, 0.4) is 0 Å². The molecular weight excluding hydrogens is 364 g/mol. The molecule has 0 aliphatic heterocycles. The topological polar surface area (TPSA) is 95.4 Å². The number of amides is 2. The fraction of sp³-hybridized carbons (Fsp3) is 0.500. The number of benzene rings is 2. The molecule has 158 valence electrons. The lowest BCUT2D eigenvalue weighted by Crippen LogP contribution is -2.14. The maximum absolute atomic E-state index is 11.8. The third kappa shape index (κ3) is 7.41. The second kappa shape index (κ2) is 12.1. The van der Waals surface area contributed by atoms with Gasteiger partial charge in [0, 0.05) is 5.56 Å². The van der Waals surface area contributed by atoms with Gasteiger partial charge in [-0.15, -0.1) is 0 Å². The van der Waals surface area contributed by atoms with Gasteiger partial charge in [0.15, 0.2) is 0 Å². The van der Waals surface area contributed by atoms with Gasteiger partial charge in [-0.3, -0.25) is 9.59 Å². The molecule has 0 aliphatic carbocycles. The van der Waals surface area contributed by atoms with Gasteiger partial charge in [-0.1, -0.05) is 70.8 Å².